The molecule has 0 N–H and O–H groups in total. The molecule has 0 amide bonds. The molecule has 1 atom stereocenters. The van der Waals surface area contributed by atoms with E-state index in [-0.39, 0.29) is 0 Å². The van der Waals surface area contributed by atoms with E-state index in [0.717, 1.165) is 42.0 Å². The van der Waals surface area contributed by atoms with Crippen LogP contribution in [0.5, 0.6) is 5.75 Å². The number of ether oxygens (including phenoxy) is 1. The van der Waals surface area contributed by atoms with Crippen LogP contribution in [0.4, 0.5) is 0 Å². The lowest BCUT2D eigenvalue weighted by atomic mass is 9.93. The summed E-state index contributed by atoms with van der Waals surface area (Å²) in [4.78, 5) is 0.657. The summed E-state index contributed by atoms with van der Waals surface area (Å²) >= 11 is 0.749. The fourth-order valence-electron chi connectivity index (χ4n) is 3.53. The predicted octanol–water partition coefficient (Wildman–Crippen LogP) is 6.33. The van der Waals surface area contributed by atoms with Crippen LogP contribution in [0.1, 0.15) is 6.92 Å². The summed E-state index contributed by atoms with van der Waals surface area (Å²) in [6.07, 6.45) is 0. The first kappa shape index (κ1) is 19.4. The molecule has 0 aliphatic heterocycles. The van der Waals surface area contributed by atoms with E-state index in [1.165, 1.54) is 0 Å². The second kappa shape index (κ2) is 8.19. The Bertz CT molecular complexity index is 1200. The zero-order chi connectivity index (χ0) is 19.7. The molecule has 5 heteroatoms. The Morgan fingerprint density at radius 2 is 1.64 bits per heavy atom. The normalized spacial score (nSPS) is 12.4. The van der Waals surface area contributed by atoms with Gasteiger partial charge in [-0.1, -0.05) is 42.5 Å². The molecule has 142 valence electrons. The minimum absolute atomic E-state index is 0.379. The van der Waals surface area contributed by atoms with Crippen LogP contribution in [0.3, 0.4) is 0 Å². The molecule has 0 aliphatic rings. The van der Waals surface area contributed by atoms with E-state index in [9.17, 15) is 4.21 Å². The van der Waals surface area contributed by atoms with Crippen LogP contribution in [0.2, 0.25) is 0 Å². The molecule has 0 aliphatic carbocycles. The number of halogens is 1. The summed E-state index contributed by atoms with van der Waals surface area (Å²) in [5.41, 5.74) is 1.84. The van der Waals surface area contributed by atoms with Gasteiger partial charge in [-0.05, 0) is 75.3 Å². The van der Waals surface area contributed by atoms with E-state index in [4.69, 9.17) is 8.92 Å². The lowest BCUT2D eigenvalue weighted by Gasteiger charge is -2.18. The van der Waals surface area contributed by atoms with Gasteiger partial charge in [-0.15, -0.1) is 0 Å². The molecule has 3 nitrogen and oxygen atoms in total. The minimum atomic E-state index is -1.57. The molecule has 1 unspecified atom stereocenters. The standard InChI is InChI=1S/C23H19IO3S/c1-3-27-28(25)21-13-9-15-6-4-5-7-18(15)23(21)22-19-11-10-17(24)14-16(19)8-12-20(22)26-2/h4-14H,3H2,1-2H3. The number of rotatable bonds is 5. The maximum absolute atomic E-state index is 12.9. The number of fused-ring (bicyclic) bond motifs is 2. The second-order valence-corrected chi connectivity index (χ2v) is 8.70. The molecule has 0 radical (unpaired) electrons. The lowest BCUT2D eigenvalue weighted by Crippen LogP contribution is -2.02. The third-order valence-corrected chi connectivity index (χ3v) is 6.53. The van der Waals surface area contributed by atoms with Crippen molar-refractivity contribution < 1.29 is 13.1 Å². The molecule has 4 aromatic carbocycles. The molecule has 4 aromatic rings. The van der Waals surface area contributed by atoms with Crippen molar-refractivity contribution >= 4 is 55.2 Å². The van der Waals surface area contributed by atoms with Crippen molar-refractivity contribution in [2.45, 2.75) is 11.8 Å². The van der Waals surface area contributed by atoms with Crippen LogP contribution in [-0.2, 0) is 15.3 Å². The Hall–Kier alpha value is -1.96. The van der Waals surface area contributed by atoms with Crippen molar-refractivity contribution in [3.8, 4) is 16.9 Å². The highest BCUT2D eigenvalue weighted by molar-refractivity contribution is 14.1. The van der Waals surface area contributed by atoms with Crippen LogP contribution in [-0.4, -0.2) is 17.9 Å². The molecule has 0 bridgehead atoms. The van der Waals surface area contributed by atoms with Crippen LogP contribution in [0.15, 0.2) is 71.6 Å². The van der Waals surface area contributed by atoms with Crippen molar-refractivity contribution in [3.05, 3.63) is 70.3 Å². The highest BCUT2D eigenvalue weighted by Gasteiger charge is 2.21. The van der Waals surface area contributed by atoms with Crippen LogP contribution >= 0.6 is 22.6 Å². The van der Waals surface area contributed by atoms with Gasteiger partial charge in [0, 0.05) is 14.7 Å². The summed E-state index contributed by atoms with van der Waals surface area (Å²) in [5.74, 6) is 0.750. The van der Waals surface area contributed by atoms with Crippen LogP contribution < -0.4 is 4.74 Å². The van der Waals surface area contributed by atoms with E-state index in [0.29, 0.717) is 11.5 Å². The van der Waals surface area contributed by atoms with Crippen LogP contribution in [0.25, 0.3) is 32.7 Å². The van der Waals surface area contributed by atoms with Crippen molar-refractivity contribution in [2.24, 2.45) is 0 Å². The zero-order valence-corrected chi connectivity index (χ0v) is 18.5. The number of benzene rings is 4. The quantitative estimate of drug-likeness (QED) is 0.299. The Labute approximate surface area is 180 Å². The highest BCUT2D eigenvalue weighted by atomic mass is 127. The first-order valence-corrected chi connectivity index (χ1v) is 11.1. The third-order valence-electron chi connectivity index (χ3n) is 4.71. The fraction of sp³-hybridized carbons (Fsp3) is 0.130. The smallest absolute Gasteiger partial charge is 0.189 e. The van der Waals surface area contributed by atoms with Crippen LogP contribution in [0, 0.1) is 3.57 Å². The summed E-state index contributed by atoms with van der Waals surface area (Å²) < 4.78 is 25.3. The van der Waals surface area contributed by atoms with Gasteiger partial charge in [0.15, 0.2) is 11.1 Å². The Kier molecular flexibility index (Phi) is 5.66. The number of methoxy groups -OCH3 is 1. The molecule has 0 aromatic heterocycles. The molecule has 0 saturated carbocycles. The Balaban J connectivity index is 2.17. The summed E-state index contributed by atoms with van der Waals surface area (Å²) in [7, 11) is 1.67. The minimum Gasteiger partial charge on any atom is -0.496 e. The summed E-state index contributed by atoms with van der Waals surface area (Å²) in [6.45, 7) is 2.23. The summed E-state index contributed by atoms with van der Waals surface area (Å²) in [6, 6.07) is 22.4. The van der Waals surface area contributed by atoms with E-state index >= 15 is 0 Å². The van der Waals surface area contributed by atoms with Gasteiger partial charge in [0.25, 0.3) is 0 Å². The zero-order valence-electron chi connectivity index (χ0n) is 15.6. The third kappa shape index (κ3) is 3.43. The summed E-state index contributed by atoms with van der Waals surface area (Å²) in [5, 5.41) is 4.28. The topological polar surface area (TPSA) is 35.5 Å². The van der Waals surface area contributed by atoms with Gasteiger partial charge in [0.1, 0.15) is 5.75 Å². The largest absolute Gasteiger partial charge is 0.496 e. The van der Waals surface area contributed by atoms with E-state index in [1.807, 2.05) is 37.3 Å². The van der Waals surface area contributed by atoms with Gasteiger partial charge < -0.3 is 4.74 Å². The van der Waals surface area contributed by atoms with Gasteiger partial charge in [-0.3, -0.25) is 4.18 Å². The van der Waals surface area contributed by atoms with Crippen molar-refractivity contribution in [1.29, 1.82) is 0 Å². The van der Waals surface area contributed by atoms with Gasteiger partial charge in [0.05, 0.1) is 18.6 Å². The Morgan fingerprint density at radius 1 is 0.893 bits per heavy atom. The van der Waals surface area contributed by atoms with Crippen molar-refractivity contribution in [2.75, 3.05) is 13.7 Å². The van der Waals surface area contributed by atoms with E-state index in [2.05, 4.69) is 59.0 Å². The van der Waals surface area contributed by atoms with Gasteiger partial charge in [-0.25, -0.2) is 4.21 Å². The molecule has 0 saturated heterocycles. The maximum atomic E-state index is 12.9. The average Bonchev–Trinajstić information content (AvgIpc) is 2.72. The molecule has 28 heavy (non-hydrogen) atoms. The molecule has 0 fully saturated rings. The first-order chi connectivity index (χ1) is 13.6. The first-order valence-electron chi connectivity index (χ1n) is 8.97. The highest BCUT2D eigenvalue weighted by Crippen LogP contribution is 2.43. The van der Waals surface area contributed by atoms with E-state index < -0.39 is 11.1 Å². The Morgan fingerprint density at radius 3 is 2.43 bits per heavy atom. The molecular formula is C23H19IO3S. The molecule has 4 rings (SSSR count). The molecular weight excluding hydrogens is 483 g/mol. The lowest BCUT2D eigenvalue weighted by molar-refractivity contribution is 0.372. The van der Waals surface area contributed by atoms with Gasteiger partial charge in [0.2, 0.25) is 0 Å². The number of hydrogen-bond donors (Lipinski definition) is 0. The SMILES string of the molecule is CCOS(=O)c1ccc2ccccc2c1-c1c(OC)ccc2cc(I)ccc12. The molecule has 0 heterocycles. The predicted molar refractivity (Wildman–Crippen MR) is 124 cm³/mol. The second-order valence-electron chi connectivity index (χ2n) is 6.31. The monoisotopic (exact) mass is 502 g/mol. The molecule has 0 spiro atoms. The number of hydrogen-bond acceptors (Lipinski definition) is 3. The average molecular weight is 502 g/mol. The van der Waals surface area contributed by atoms with Gasteiger partial charge >= 0.3 is 0 Å². The van der Waals surface area contributed by atoms with Crippen molar-refractivity contribution in [1.82, 2.24) is 0 Å². The van der Waals surface area contributed by atoms with E-state index in [1.54, 1.807) is 7.11 Å². The fourth-order valence-corrected chi connectivity index (χ4v) is 4.94. The maximum Gasteiger partial charge on any atom is 0.189 e. The van der Waals surface area contributed by atoms with Crippen molar-refractivity contribution in [3.63, 3.8) is 0 Å². The van der Waals surface area contributed by atoms with Gasteiger partial charge in [-0.2, -0.15) is 0 Å².